The maximum absolute atomic E-state index is 11.8. The number of hydrogen-bond donors (Lipinski definition) is 2. The molecule has 0 saturated heterocycles. The molecule has 1 aromatic carbocycles. The average molecular weight is 268 g/mol. The number of methoxy groups -OCH3 is 3. The molecule has 0 saturated carbocycles. The molecular formula is C11H12N2O4S. The number of H-pyrrole nitrogens is 2. The van der Waals surface area contributed by atoms with Gasteiger partial charge in [0, 0.05) is 0 Å². The van der Waals surface area contributed by atoms with Crippen LogP contribution in [0.4, 0.5) is 0 Å². The molecule has 1 heterocycles. The molecule has 0 amide bonds. The highest BCUT2D eigenvalue weighted by Crippen LogP contribution is 2.41. The SMILES string of the molecule is COc1cc2c(=O)[nH]c(=S)[nH]c2c(OC)c1OC. The van der Waals surface area contributed by atoms with Crippen molar-refractivity contribution >= 4 is 23.1 Å². The zero-order valence-electron chi connectivity index (χ0n) is 10.1. The number of rotatable bonds is 3. The van der Waals surface area contributed by atoms with Crippen LogP contribution in [0.15, 0.2) is 10.9 Å². The van der Waals surface area contributed by atoms with Gasteiger partial charge in [0.1, 0.15) is 5.52 Å². The lowest BCUT2D eigenvalue weighted by Crippen LogP contribution is -2.09. The lowest BCUT2D eigenvalue weighted by Gasteiger charge is -2.13. The van der Waals surface area contributed by atoms with E-state index < -0.39 is 0 Å². The Balaban J connectivity index is 3.01. The molecule has 0 aliphatic carbocycles. The molecule has 6 nitrogen and oxygen atoms in total. The van der Waals surface area contributed by atoms with Gasteiger partial charge in [0.25, 0.3) is 5.56 Å². The van der Waals surface area contributed by atoms with Crippen molar-refractivity contribution in [2.75, 3.05) is 21.3 Å². The number of fused-ring (bicyclic) bond motifs is 1. The van der Waals surface area contributed by atoms with Crippen molar-refractivity contribution in [1.29, 1.82) is 0 Å². The topological polar surface area (TPSA) is 76.3 Å². The first-order valence-corrected chi connectivity index (χ1v) is 5.48. The first-order valence-electron chi connectivity index (χ1n) is 5.07. The van der Waals surface area contributed by atoms with Crippen LogP contribution in [0.1, 0.15) is 0 Å². The second kappa shape index (κ2) is 4.69. The molecule has 0 unspecified atom stereocenters. The second-order valence-electron chi connectivity index (χ2n) is 3.48. The Bertz CT molecular complexity index is 704. The first kappa shape index (κ1) is 12.4. The Morgan fingerprint density at radius 2 is 1.72 bits per heavy atom. The van der Waals surface area contributed by atoms with Crippen LogP contribution in [0.5, 0.6) is 17.2 Å². The third kappa shape index (κ3) is 1.82. The van der Waals surface area contributed by atoms with E-state index in [1.165, 1.54) is 21.3 Å². The summed E-state index contributed by atoms with van der Waals surface area (Å²) < 4.78 is 15.9. The van der Waals surface area contributed by atoms with Gasteiger partial charge in [-0.25, -0.2) is 0 Å². The van der Waals surface area contributed by atoms with Gasteiger partial charge in [0.15, 0.2) is 16.3 Å². The molecule has 0 aliphatic heterocycles. The zero-order chi connectivity index (χ0) is 13.3. The Hall–Kier alpha value is -2.02. The van der Waals surface area contributed by atoms with E-state index in [0.717, 1.165) is 0 Å². The molecule has 0 fully saturated rings. The van der Waals surface area contributed by atoms with Crippen LogP contribution in [0.25, 0.3) is 10.9 Å². The van der Waals surface area contributed by atoms with Gasteiger partial charge in [-0.1, -0.05) is 0 Å². The summed E-state index contributed by atoms with van der Waals surface area (Å²) in [5.74, 6) is 1.20. The maximum atomic E-state index is 11.8. The third-order valence-electron chi connectivity index (χ3n) is 2.54. The standard InChI is InChI=1S/C11H12N2O4S/c1-15-6-4-5-7(9(17-3)8(6)16-2)12-11(18)13-10(5)14/h4H,1-3H3,(H2,12,13,14,18). The van der Waals surface area contributed by atoms with Crippen molar-refractivity contribution in [3.05, 3.63) is 21.2 Å². The predicted molar refractivity (Wildman–Crippen MR) is 69.4 cm³/mol. The van der Waals surface area contributed by atoms with Crippen LogP contribution in [0.2, 0.25) is 0 Å². The average Bonchev–Trinajstić information content (AvgIpc) is 2.36. The molecule has 2 N–H and O–H groups in total. The summed E-state index contributed by atoms with van der Waals surface area (Å²) in [4.78, 5) is 17.2. The summed E-state index contributed by atoms with van der Waals surface area (Å²) in [7, 11) is 4.46. The van der Waals surface area contributed by atoms with Crippen molar-refractivity contribution in [3.8, 4) is 17.2 Å². The van der Waals surface area contributed by atoms with Gasteiger partial charge in [-0.15, -0.1) is 0 Å². The van der Waals surface area contributed by atoms with Gasteiger partial charge in [-0.3, -0.25) is 9.78 Å². The number of benzene rings is 1. The Morgan fingerprint density at radius 1 is 1.06 bits per heavy atom. The normalized spacial score (nSPS) is 10.4. The van der Waals surface area contributed by atoms with Crippen molar-refractivity contribution < 1.29 is 14.2 Å². The molecule has 7 heteroatoms. The monoisotopic (exact) mass is 268 g/mol. The summed E-state index contributed by atoms with van der Waals surface area (Å²) >= 11 is 4.94. The quantitative estimate of drug-likeness (QED) is 0.827. The van der Waals surface area contributed by atoms with E-state index in [1.54, 1.807) is 6.07 Å². The Morgan fingerprint density at radius 3 is 2.28 bits per heavy atom. The fraction of sp³-hybridized carbons (Fsp3) is 0.273. The summed E-state index contributed by atoms with van der Waals surface area (Å²) in [6.45, 7) is 0. The van der Waals surface area contributed by atoms with Gasteiger partial charge in [0.05, 0.1) is 26.7 Å². The second-order valence-corrected chi connectivity index (χ2v) is 3.88. The van der Waals surface area contributed by atoms with Crippen LogP contribution >= 0.6 is 12.2 Å². The summed E-state index contributed by atoms with van der Waals surface area (Å²) in [6, 6.07) is 1.57. The zero-order valence-corrected chi connectivity index (χ0v) is 10.9. The molecule has 96 valence electrons. The molecule has 0 radical (unpaired) electrons. The minimum atomic E-state index is -0.312. The predicted octanol–water partition coefficient (Wildman–Crippen LogP) is 1.61. The van der Waals surface area contributed by atoms with E-state index in [-0.39, 0.29) is 10.3 Å². The molecule has 0 bridgehead atoms. The summed E-state index contributed by atoms with van der Waals surface area (Å²) in [5.41, 5.74) is 0.164. The van der Waals surface area contributed by atoms with E-state index >= 15 is 0 Å². The van der Waals surface area contributed by atoms with Crippen molar-refractivity contribution in [3.63, 3.8) is 0 Å². The van der Waals surface area contributed by atoms with E-state index in [2.05, 4.69) is 9.97 Å². The van der Waals surface area contributed by atoms with Crippen LogP contribution in [-0.4, -0.2) is 31.3 Å². The highest BCUT2D eigenvalue weighted by atomic mass is 32.1. The van der Waals surface area contributed by atoms with Gasteiger partial charge in [0.2, 0.25) is 5.75 Å². The summed E-state index contributed by atoms with van der Waals surface area (Å²) in [5, 5.41) is 0.387. The molecule has 2 aromatic rings. The first-order chi connectivity index (χ1) is 8.62. The molecule has 0 aliphatic rings. The lowest BCUT2D eigenvalue weighted by molar-refractivity contribution is 0.327. The smallest absolute Gasteiger partial charge is 0.259 e. The number of ether oxygens (including phenoxy) is 3. The fourth-order valence-electron chi connectivity index (χ4n) is 1.77. The van der Waals surface area contributed by atoms with Crippen LogP contribution < -0.4 is 19.8 Å². The van der Waals surface area contributed by atoms with Crippen molar-refractivity contribution in [2.24, 2.45) is 0 Å². The van der Waals surface area contributed by atoms with Crippen molar-refractivity contribution in [1.82, 2.24) is 9.97 Å². The number of hydrogen-bond acceptors (Lipinski definition) is 5. The molecule has 18 heavy (non-hydrogen) atoms. The number of aromatic amines is 2. The van der Waals surface area contributed by atoms with Crippen LogP contribution in [0, 0.1) is 4.77 Å². The molecule has 2 rings (SSSR count). The van der Waals surface area contributed by atoms with E-state index in [4.69, 9.17) is 26.4 Å². The Labute approximate surface area is 108 Å². The highest BCUT2D eigenvalue weighted by molar-refractivity contribution is 7.71. The van der Waals surface area contributed by atoms with E-state index in [9.17, 15) is 4.79 Å². The molecular weight excluding hydrogens is 256 g/mol. The van der Waals surface area contributed by atoms with Gasteiger partial charge < -0.3 is 19.2 Å². The largest absolute Gasteiger partial charge is 0.493 e. The minimum absolute atomic E-state index is 0.220. The Kier molecular flexibility index (Phi) is 3.24. The minimum Gasteiger partial charge on any atom is -0.493 e. The van der Waals surface area contributed by atoms with Crippen LogP contribution in [-0.2, 0) is 0 Å². The van der Waals surface area contributed by atoms with Gasteiger partial charge in [-0.2, -0.15) is 0 Å². The van der Waals surface area contributed by atoms with Gasteiger partial charge >= 0.3 is 0 Å². The summed E-state index contributed by atoms with van der Waals surface area (Å²) in [6.07, 6.45) is 0. The number of nitrogens with one attached hydrogen (secondary N) is 2. The fourth-order valence-corrected chi connectivity index (χ4v) is 1.97. The molecule has 0 atom stereocenters. The number of aromatic nitrogens is 2. The third-order valence-corrected chi connectivity index (χ3v) is 2.74. The highest BCUT2D eigenvalue weighted by Gasteiger charge is 2.17. The molecule has 0 spiro atoms. The lowest BCUT2D eigenvalue weighted by atomic mass is 10.2. The van der Waals surface area contributed by atoms with E-state index in [0.29, 0.717) is 28.2 Å². The van der Waals surface area contributed by atoms with Gasteiger partial charge in [-0.05, 0) is 18.3 Å². The van der Waals surface area contributed by atoms with E-state index in [1.807, 2.05) is 0 Å². The van der Waals surface area contributed by atoms with Crippen LogP contribution in [0.3, 0.4) is 0 Å². The maximum Gasteiger partial charge on any atom is 0.259 e. The van der Waals surface area contributed by atoms with Crippen molar-refractivity contribution in [2.45, 2.75) is 0 Å². The molecule has 1 aromatic heterocycles.